The molecule has 0 aliphatic rings. The molecule has 0 saturated carbocycles. The quantitative estimate of drug-likeness (QED) is 0.496. The number of carboxylic acids is 1. The van der Waals surface area contributed by atoms with Gasteiger partial charge in [-0.3, -0.25) is 4.40 Å². The standard InChI is InChI=1S/C21H16N4O2/c1-14-10-11-18-22-19(15-6-3-2-4-7-15)20(25(18)13-14)24-23-17-9-5-8-16(12-17)21(26)27/h2-13H,1H3,(H,26,27). The summed E-state index contributed by atoms with van der Waals surface area (Å²) in [6.45, 7) is 2.00. The number of hydrogen-bond donors (Lipinski definition) is 1. The number of imidazole rings is 1. The molecule has 1 N–H and O–H groups in total. The predicted octanol–water partition coefficient (Wildman–Crippen LogP) is 5.42. The number of azo groups is 1. The van der Waals surface area contributed by atoms with E-state index in [1.165, 1.54) is 12.1 Å². The highest BCUT2D eigenvalue weighted by molar-refractivity contribution is 5.88. The fraction of sp³-hybridized carbons (Fsp3) is 0.0476. The summed E-state index contributed by atoms with van der Waals surface area (Å²) >= 11 is 0. The molecule has 4 aromatic rings. The van der Waals surface area contributed by atoms with Crippen molar-refractivity contribution in [1.29, 1.82) is 0 Å². The van der Waals surface area contributed by atoms with Crippen LogP contribution in [0.1, 0.15) is 15.9 Å². The van der Waals surface area contributed by atoms with Crippen LogP contribution in [0.3, 0.4) is 0 Å². The highest BCUT2D eigenvalue weighted by Gasteiger charge is 2.14. The van der Waals surface area contributed by atoms with Crippen molar-refractivity contribution in [3.8, 4) is 11.3 Å². The van der Waals surface area contributed by atoms with Crippen LogP contribution in [0.5, 0.6) is 0 Å². The van der Waals surface area contributed by atoms with Crippen LogP contribution in [-0.2, 0) is 0 Å². The Kier molecular flexibility index (Phi) is 4.22. The highest BCUT2D eigenvalue weighted by Crippen LogP contribution is 2.32. The maximum atomic E-state index is 11.2. The Morgan fingerprint density at radius 2 is 1.81 bits per heavy atom. The fourth-order valence-corrected chi connectivity index (χ4v) is 2.83. The molecule has 2 aromatic heterocycles. The van der Waals surface area contributed by atoms with Crippen molar-refractivity contribution in [1.82, 2.24) is 9.38 Å². The van der Waals surface area contributed by atoms with E-state index in [4.69, 9.17) is 10.1 Å². The minimum atomic E-state index is -0.998. The van der Waals surface area contributed by atoms with Crippen LogP contribution in [-0.4, -0.2) is 20.5 Å². The Morgan fingerprint density at radius 3 is 2.59 bits per heavy atom. The summed E-state index contributed by atoms with van der Waals surface area (Å²) in [5.41, 5.74) is 4.14. The maximum Gasteiger partial charge on any atom is 0.335 e. The largest absolute Gasteiger partial charge is 0.478 e. The molecule has 0 unspecified atom stereocenters. The van der Waals surface area contributed by atoms with Gasteiger partial charge in [0.1, 0.15) is 11.3 Å². The van der Waals surface area contributed by atoms with Crippen molar-refractivity contribution in [2.45, 2.75) is 6.92 Å². The first-order chi connectivity index (χ1) is 13.1. The number of carbonyl (C=O) groups is 1. The number of hydrogen-bond acceptors (Lipinski definition) is 4. The Bertz CT molecular complexity index is 1160. The Morgan fingerprint density at radius 1 is 1.00 bits per heavy atom. The number of nitrogens with zero attached hydrogens (tertiary/aromatic N) is 4. The number of fused-ring (bicyclic) bond motifs is 1. The lowest BCUT2D eigenvalue weighted by molar-refractivity contribution is 0.0697. The zero-order valence-electron chi connectivity index (χ0n) is 14.6. The highest BCUT2D eigenvalue weighted by atomic mass is 16.4. The van der Waals surface area contributed by atoms with E-state index in [1.54, 1.807) is 12.1 Å². The third kappa shape index (κ3) is 3.32. The SMILES string of the molecule is Cc1ccc2nc(-c3ccccc3)c(N=Nc3cccc(C(=O)O)c3)n2c1. The van der Waals surface area contributed by atoms with E-state index in [-0.39, 0.29) is 5.56 Å². The van der Waals surface area contributed by atoms with Crippen LogP contribution in [0, 0.1) is 6.92 Å². The first-order valence-corrected chi connectivity index (χ1v) is 8.41. The lowest BCUT2D eigenvalue weighted by Crippen LogP contribution is -1.94. The molecule has 6 heteroatoms. The van der Waals surface area contributed by atoms with E-state index in [9.17, 15) is 4.79 Å². The summed E-state index contributed by atoms with van der Waals surface area (Å²) in [6, 6.07) is 20.1. The third-order valence-corrected chi connectivity index (χ3v) is 4.14. The first-order valence-electron chi connectivity index (χ1n) is 8.41. The molecule has 2 aromatic carbocycles. The summed E-state index contributed by atoms with van der Waals surface area (Å²) in [6.07, 6.45) is 1.96. The van der Waals surface area contributed by atoms with Crippen LogP contribution in [0.25, 0.3) is 16.9 Å². The van der Waals surface area contributed by atoms with Crippen LogP contribution in [0.2, 0.25) is 0 Å². The van der Waals surface area contributed by atoms with Crippen molar-refractivity contribution >= 4 is 23.1 Å². The molecule has 0 bridgehead atoms. The van der Waals surface area contributed by atoms with Crippen LogP contribution in [0.15, 0.2) is 83.2 Å². The number of rotatable bonds is 4. The van der Waals surface area contributed by atoms with E-state index in [2.05, 4.69) is 10.2 Å². The monoisotopic (exact) mass is 356 g/mol. The molecular weight excluding hydrogens is 340 g/mol. The van der Waals surface area contributed by atoms with Gasteiger partial charge < -0.3 is 5.11 Å². The minimum absolute atomic E-state index is 0.170. The van der Waals surface area contributed by atoms with Gasteiger partial charge in [0, 0.05) is 11.8 Å². The number of aromatic nitrogens is 2. The van der Waals surface area contributed by atoms with Crippen LogP contribution in [0.4, 0.5) is 11.5 Å². The van der Waals surface area contributed by atoms with Gasteiger partial charge in [-0.15, -0.1) is 10.2 Å². The van der Waals surface area contributed by atoms with Gasteiger partial charge in [0.05, 0.1) is 11.3 Å². The average Bonchev–Trinajstić information content (AvgIpc) is 3.05. The van der Waals surface area contributed by atoms with Gasteiger partial charge in [-0.25, -0.2) is 9.78 Å². The lowest BCUT2D eigenvalue weighted by atomic mass is 10.1. The van der Waals surface area contributed by atoms with E-state index >= 15 is 0 Å². The molecule has 0 aliphatic heterocycles. The maximum absolute atomic E-state index is 11.2. The van der Waals surface area contributed by atoms with E-state index in [1.807, 2.05) is 60.0 Å². The minimum Gasteiger partial charge on any atom is -0.478 e. The Hall–Kier alpha value is -3.80. The molecule has 4 rings (SSSR count). The molecule has 0 amide bonds. The molecular formula is C21H16N4O2. The number of aromatic carboxylic acids is 1. The molecule has 0 fully saturated rings. The van der Waals surface area contributed by atoms with Gasteiger partial charge in [0.15, 0.2) is 5.82 Å². The molecule has 0 radical (unpaired) electrons. The zero-order valence-corrected chi connectivity index (χ0v) is 14.6. The van der Waals surface area contributed by atoms with Gasteiger partial charge in [-0.05, 0) is 36.8 Å². The molecule has 6 nitrogen and oxygen atoms in total. The molecule has 132 valence electrons. The van der Waals surface area contributed by atoms with Crippen molar-refractivity contribution in [3.63, 3.8) is 0 Å². The lowest BCUT2D eigenvalue weighted by Gasteiger charge is -2.01. The van der Waals surface area contributed by atoms with Crippen molar-refractivity contribution in [2.75, 3.05) is 0 Å². The smallest absolute Gasteiger partial charge is 0.335 e. The molecule has 27 heavy (non-hydrogen) atoms. The topological polar surface area (TPSA) is 79.3 Å². The van der Waals surface area contributed by atoms with Crippen molar-refractivity contribution < 1.29 is 9.90 Å². The van der Waals surface area contributed by atoms with Gasteiger partial charge in [0.25, 0.3) is 0 Å². The fourth-order valence-electron chi connectivity index (χ4n) is 2.83. The van der Waals surface area contributed by atoms with Gasteiger partial charge >= 0.3 is 5.97 Å². The van der Waals surface area contributed by atoms with E-state index in [0.717, 1.165) is 22.5 Å². The second-order valence-electron chi connectivity index (χ2n) is 6.14. The van der Waals surface area contributed by atoms with Crippen LogP contribution >= 0.6 is 0 Å². The number of benzene rings is 2. The van der Waals surface area contributed by atoms with Crippen molar-refractivity contribution in [2.24, 2.45) is 10.2 Å². The Labute approximate surface area is 155 Å². The number of pyridine rings is 1. The van der Waals surface area contributed by atoms with E-state index in [0.29, 0.717) is 11.5 Å². The summed E-state index contributed by atoms with van der Waals surface area (Å²) in [5.74, 6) is -0.400. The number of aryl methyl sites for hydroxylation is 1. The molecule has 0 saturated heterocycles. The summed E-state index contributed by atoms with van der Waals surface area (Å²) in [5, 5.41) is 17.8. The number of carboxylic acid groups (broad SMARTS) is 1. The second-order valence-corrected chi connectivity index (χ2v) is 6.14. The normalized spacial score (nSPS) is 11.3. The predicted molar refractivity (Wildman–Crippen MR) is 103 cm³/mol. The van der Waals surface area contributed by atoms with Gasteiger partial charge in [0.2, 0.25) is 0 Å². The molecule has 0 spiro atoms. The second kappa shape index (κ2) is 6.84. The molecule has 0 atom stereocenters. The van der Waals surface area contributed by atoms with Crippen LogP contribution < -0.4 is 0 Å². The zero-order chi connectivity index (χ0) is 18.8. The Balaban J connectivity index is 1.86. The summed E-state index contributed by atoms with van der Waals surface area (Å²) in [4.78, 5) is 15.8. The van der Waals surface area contributed by atoms with E-state index < -0.39 is 5.97 Å². The van der Waals surface area contributed by atoms with Gasteiger partial charge in [-0.2, -0.15) is 0 Å². The first kappa shape index (κ1) is 16.7. The van der Waals surface area contributed by atoms with Gasteiger partial charge in [-0.1, -0.05) is 42.5 Å². The van der Waals surface area contributed by atoms with Crippen molar-refractivity contribution in [3.05, 3.63) is 84.1 Å². The molecule has 0 aliphatic carbocycles. The average molecular weight is 356 g/mol. The summed E-state index contributed by atoms with van der Waals surface area (Å²) < 4.78 is 1.89. The molecule has 2 heterocycles. The summed E-state index contributed by atoms with van der Waals surface area (Å²) in [7, 11) is 0. The third-order valence-electron chi connectivity index (χ3n) is 4.14.